The Bertz CT molecular complexity index is 217. The highest BCUT2D eigenvalue weighted by Crippen LogP contribution is 2.25. The molecule has 0 aromatic rings. The number of aliphatic hydroxyl groups excluding tert-OH is 2. The van der Waals surface area contributed by atoms with Crippen LogP contribution < -0.4 is 0 Å². The average Bonchev–Trinajstić information content (AvgIpc) is 2.46. The lowest BCUT2D eigenvalue weighted by Gasteiger charge is -2.20. The van der Waals surface area contributed by atoms with Crippen LogP contribution in [0, 0.1) is 5.92 Å². The summed E-state index contributed by atoms with van der Waals surface area (Å²) in [7, 11) is 0. The number of hydrogen-bond donors (Lipinski definition) is 2. The summed E-state index contributed by atoms with van der Waals surface area (Å²) >= 11 is 0. The molecule has 1 rings (SSSR count). The first-order valence-electron chi connectivity index (χ1n) is 5.64. The van der Waals surface area contributed by atoms with E-state index in [1.807, 2.05) is 0 Å². The molecule has 0 radical (unpaired) electrons. The lowest BCUT2D eigenvalue weighted by molar-refractivity contribution is -0.148. The van der Waals surface area contributed by atoms with E-state index >= 15 is 0 Å². The van der Waals surface area contributed by atoms with Gasteiger partial charge in [0, 0.05) is 0 Å². The molecule has 0 spiro atoms. The SMILES string of the molecule is CCCCC[C@H](O)[C@H]1OC(=O)[C@@H](C)[C@@H]1O. The van der Waals surface area contributed by atoms with Crippen molar-refractivity contribution < 1.29 is 19.7 Å². The molecule has 0 amide bonds. The Hall–Kier alpha value is -0.610. The summed E-state index contributed by atoms with van der Waals surface area (Å²) < 4.78 is 4.94. The van der Waals surface area contributed by atoms with Gasteiger partial charge in [0.1, 0.15) is 6.10 Å². The van der Waals surface area contributed by atoms with Crippen LogP contribution in [-0.4, -0.2) is 34.5 Å². The summed E-state index contributed by atoms with van der Waals surface area (Å²) in [6.45, 7) is 3.70. The minimum Gasteiger partial charge on any atom is -0.457 e. The van der Waals surface area contributed by atoms with E-state index in [0.717, 1.165) is 19.3 Å². The van der Waals surface area contributed by atoms with Crippen LogP contribution in [0.5, 0.6) is 0 Å². The highest BCUT2D eigenvalue weighted by atomic mass is 16.6. The van der Waals surface area contributed by atoms with Crippen molar-refractivity contribution in [1.82, 2.24) is 0 Å². The highest BCUT2D eigenvalue weighted by Gasteiger charge is 2.43. The third-order valence-corrected chi connectivity index (χ3v) is 2.96. The van der Waals surface area contributed by atoms with Crippen LogP contribution in [0.3, 0.4) is 0 Å². The number of carbonyl (C=O) groups excluding carboxylic acids is 1. The molecule has 1 saturated heterocycles. The average molecular weight is 216 g/mol. The second-order valence-corrected chi connectivity index (χ2v) is 4.24. The standard InChI is InChI=1S/C11H20O4/c1-3-4-5-6-8(12)10-9(13)7(2)11(14)15-10/h7-10,12-13H,3-6H2,1-2H3/t7-,8-,9-,10+/m0/s1. The largest absolute Gasteiger partial charge is 0.457 e. The van der Waals surface area contributed by atoms with Crippen molar-refractivity contribution in [2.24, 2.45) is 5.92 Å². The maximum absolute atomic E-state index is 11.1. The van der Waals surface area contributed by atoms with Gasteiger partial charge in [-0.25, -0.2) is 0 Å². The summed E-state index contributed by atoms with van der Waals surface area (Å²) in [4.78, 5) is 11.1. The predicted molar refractivity (Wildman–Crippen MR) is 55.2 cm³/mol. The van der Waals surface area contributed by atoms with Gasteiger partial charge in [-0.3, -0.25) is 4.79 Å². The normalized spacial score (nSPS) is 32.8. The summed E-state index contributed by atoms with van der Waals surface area (Å²) in [5.41, 5.74) is 0. The van der Waals surface area contributed by atoms with E-state index < -0.39 is 30.2 Å². The van der Waals surface area contributed by atoms with Gasteiger partial charge in [0.15, 0.2) is 6.10 Å². The van der Waals surface area contributed by atoms with Gasteiger partial charge < -0.3 is 14.9 Å². The van der Waals surface area contributed by atoms with E-state index in [4.69, 9.17) is 4.74 Å². The fourth-order valence-electron chi connectivity index (χ4n) is 1.81. The minimum absolute atomic E-state index is 0.415. The molecular weight excluding hydrogens is 196 g/mol. The molecule has 15 heavy (non-hydrogen) atoms. The third-order valence-electron chi connectivity index (χ3n) is 2.96. The van der Waals surface area contributed by atoms with Crippen molar-refractivity contribution in [1.29, 1.82) is 0 Å². The van der Waals surface area contributed by atoms with Gasteiger partial charge in [0.2, 0.25) is 0 Å². The molecule has 0 unspecified atom stereocenters. The van der Waals surface area contributed by atoms with E-state index in [0.29, 0.717) is 6.42 Å². The Morgan fingerprint density at radius 3 is 2.60 bits per heavy atom. The van der Waals surface area contributed by atoms with Crippen LogP contribution in [0.2, 0.25) is 0 Å². The third kappa shape index (κ3) is 2.92. The van der Waals surface area contributed by atoms with Crippen molar-refractivity contribution in [3.63, 3.8) is 0 Å². The quantitative estimate of drug-likeness (QED) is 0.528. The molecule has 0 aromatic heterocycles. The zero-order valence-electron chi connectivity index (χ0n) is 9.35. The highest BCUT2D eigenvalue weighted by molar-refractivity contribution is 5.75. The number of rotatable bonds is 5. The number of carbonyl (C=O) groups is 1. The maximum atomic E-state index is 11.1. The number of ether oxygens (including phenoxy) is 1. The molecule has 1 heterocycles. The summed E-state index contributed by atoms with van der Waals surface area (Å²) in [5.74, 6) is -0.933. The topological polar surface area (TPSA) is 66.8 Å². The molecule has 0 bridgehead atoms. The Kier molecular flexibility index (Phi) is 4.54. The van der Waals surface area contributed by atoms with Gasteiger partial charge in [-0.1, -0.05) is 26.2 Å². The number of cyclic esters (lactones) is 1. The van der Waals surface area contributed by atoms with Crippen molar-refractivity contribution in [3.05, 3.63) is 0 Å². The lowest BCUT2D eigenvalue weighted by Crippen LogP contribution is -2.36. The zero-order chi connectivity index (χ0) is 11.4. The second kappa shape index (κ2) is 5.47. The van der Waals surface area contributed by atoms with Crippen LogP contribution in [0.1, 0.15) is 39.5 Å². The molecule has 2 N–H and O–H groups in total. The summed E-state index contributed by atoms with van der Waals surface area (Å²) in [6, 6.07) is 0. The van der Waals surface area contributed by atoms with Crippen molar-refractivity contribution in [2.45, 2.75) is 57.8 Å². The number of unbranched alkanes of at least 4 members (excludes halogenated alkanes) is 2. The van der Waals surface area contributed by atoms with E-state index in [1.165, 1.54) is 0 Å². The zero-order valence-corrected chi connectivity index (χ0v) is 9.35. The first-order chi connectivity index (χ1) is 7.07. The van der Waals surface area contributed by atoms with Gasteiger partial charge in [-0.05, 0) is 13.3 Å². The summed E-state index contributed by atoms with van der Waals surface area (Å²) in [6.07, 6.45) is 1.26. The Morgan fingerprint density at radius 1 is 1.47 bits per heavy atom. The lowest BCUT2D eigenvalue weighted by atomic mass is 9.97. The number of esters is 1. The maximum Gasteiger partial charge on any atom is 0.311 e. The van der Waals surface area contributed by atoms with Gasteiger partial charge >= 0.3 is 5.97 Å². The fourth-order valence-corrected chi connectivity index (χ4v) is 1.81. The fraction of sp³-hybridized carbons (Fsp3) is 0.909. The van der Waals surface area contributed by atoms with E-state index in [2.05, 4.69) is 6.92 Å². The van der Waals surface area contributed by atoms with Crippen molar-refractivity contribution in [3.8, 4) is 0 Å². The van der Waals surface area contributed by atoms with Gasteiger partial charge in [-0.15, -0.1) is 0 Å². The molecule has 4 nitrogen and oxygen atoms in total. The van der Waals surface area contributed by atoms with Gasteiger partial charge in [-0.2, -0.15) is 0 Å². The van der Waals surface area contributed by atoms with Crippen molar-refractivity contribution >= 4 is 5.97 Å². The predicted octanol–water partition coefficient (Wildman–Crippen LogP) is 0.850. The smallest absolute Gasteiger partial charge is 0.311 e. The molecular formula is C11H20O4. The second-order valence-electron chi connectivity index (χ2n) is 4.24. The van der Waals surface area contributed by atoms with Crippen LogP contribution in [0.4, 0.5) is 0 Å². The van der Waals surface area contributed by atoms with Crippen LogP contribution in [-0.2, 0) is 9.53 Å². The van der Waals surface area contributed by atoms with Crippen LogP contribution in [0.15, 0.2) is 0 Å². The molecule has 0 saturated carbocycles. The van der Waals surface area contributed by atoms with E-state index in [-0.39, 0.29) is 0 Å². The first-order valence-corrected chi connectivity index (χ1v) is 5.64. The van der Waals surface area contributed by atoms with Crippen molar-refractivity contribution in [2.75, 3.05) is 0 Å². The molecule has 1 aliphatic rings. The molecule has 0 aliphatic carbocycles. The Morgan fingerprint density at radius 2 is 2.13 bits per heavy atom. The first kappa shape index (κ1) is 12.5. The molecule has 88 valence electrons. The molecule has 4 atom stereocenters. The number of aliphatic hydroxyl groups is 2. The number of hydrogen-bond acceptors (Lipinski definition) is 4. The van der Waals surface area contributed by atoms with Crippen LogP contribution in [0.25, 0.3) is 0 Å². The molecule has 4 heteroatoms. The molecule has 0 aromatic carbocycles. The molecule has 1 fully saturated rings. The van der Waals surface area contributed by atoms with Gasteiger partial charge in [0.05, 0.1) is 12.0 Å². The monoisotopic (exact) mass is 216 g/mol. The molecule has 1 aliphatic heterocycles. The Labute approximate surface area is 90.2 Å². The van der Waals surface area contributed by atoms with E-state index in [9.17, 15) is 15.0 Å². The Balaban J connectivity index is 2.39. The van der Waals surface area contributed by atoms with Crippen LogP contribution >= 0.6 is 0 Å². The summed E-state index contributed by atoms with van der Waals surface area (Å²) in [5, 5.41) is 19.4. The van der Waals surface area contributed by atoms with Gasteiger partial charge in [0.25, 0.3) is 0 Å². The van der Waals surface area contributed by atoms with E-state index in [1.54, 1.807) is 6.92 Å². The minimum atomic E-state index is -0.867.